The molecule has 7 nitrogen and oxygen atoms in total. The molecule has 0 aliphatic carbocycles. The van der Waals surface area contributed by atoms with Crippen molar-refractivity contribution in [1.29, 1.82) is 0 Å². The van der Waals surface area contributed by atoms with Crippen LogP contribution in [0.2, 0.25) is 0 Å². The number of esters is 1. The summed E-state index contributed by atoms with van der Waals surface area (Å²) < 4.78 is 4.47. The molecule has 1 N–H and O–H groups in total. The molecule has 1 aromatic carbocycles. The minimum Gasteiger partial charge on any atom is -0.480 e. The Balaban J connectivity index is 3.11. The molecule has 0 fully saturated rings. The molecule has 0 aliphatic rings. The number of aliphatic carboxylic acids is 1. The number of ether oxygens (including phenoxy) is 1. The van der Waals surface area contributed by atoms with E-state index < -0.39 is 22.3 Å². The van der Waals surface area contributed by atoms with Crippen molar-refractivity contribution < 1.29 is 24.4 Å². The zero-order valence-electron chi connectivity index (χ0n) is 10.5. The van der Waals surface area contributed by atoms with E-state index >= 15 is 0 Å². The van der Waals surface area contributed by atoms with Gasteiger partial charge in [-0.1, -0.05) is 12.1 Å². The van der Waals surface area contributed by atoms with Crippen LogP contribution < -0.4 is 0 Å². The van der Waals surface area contributed by atoms with Crippen molar-refractivity contribution in [3.63, 3.8) is 0 Å². The van der Waals surface area contributed by atoms with Gasteiger partial charge in [0.25, 0.3) is 5.69 Å². The highest BCUT2D eigenvalue weighted by Gasteiger charge is 2.42. The van der Waals surface area contributed by atoms with Crippen molar-refractivity contribution in [3.05, 3.63) is 39.9 Å². The van der Waals surface area contributed by atoms with E-state index in [1.165, 1.54) is 31.2 Å². The fourth-order valence-corrected chi connectivity index (χ4v) is 1.65. The summed E-state index contributed by atoms with van der Waals surface area (Å²) in [4.78, 5) is 32.8. The summed E-state index contributed by atoms with van der Waals surface area (Å²) in [7, 11) is 1.09. The Labute approximate surface area is 109 Å². The van der Waals surface area contributed by atoms with Crippen LogP contribution in [0.25, 0.3) is 0 Å². The Bertz CT molecular complexity index is 527. The number of carbonyl (C=O) groups excluding carboxylic acids is 1. The molecule has 0 bridgehead atoms. The average Bonchev–Trinajstić information content (AvgIpc) is 2.37. The first-order valence-electron chi connectivity index (χ1n) is 5.36. The Hall–Kier alpha value is -2.44. The number of carbonyl (C=O) groups is 2. The van der Waals surface area contributed by atoms with E-state index in [-0.39, 0.29) is 12.1 Å². The van der Waals surface area contributed by atoms with Crippen LogP contribution in [0.4, 0.5) is 5.69 Å². The van der Waals surface area contributed by atoms with Gasteiger partial charge in [-0.3, -0.25) is 19.7 Å². The summed E-state index contributed by atoms with van der Waals surface area (Å²) in [5.41, 5.74) is -1.55. The summed E-state index contributed by atoms with van der Waals surface area (Å²) in [5.74, 6) is -2.24. The van der Waals surface area contributed by atoms with Crippen LogP contribution in [-0.2, 0) is 20.7 Å². The van der Waals surface area contributed by atoms with Gasteiger partial charge in [-0.05, 0) is 18.9 Å². The molecule has 1 rings (SSSR count). The Kier molecular flexibility index (Phi) is 4.21. The molecule has 7 heteroatoms. The maximum atomic E-state index is 11.6. The number of hydrogen-bond acceptors (Lipinski definition) is 5. The average molecular weight is 267 g/mol. The number of nitrogens with zero attached hydrogens (tertiary/aromatic N) is 1. The smallest absolute Gasteiger partial charge is 0.323 e. The number of carboxylic acid groups (broad SMARTS) is 1. The van der Waals surface area contributed by atoms with E-state index in [9.17, 15) is 19.7 Å². The van der Waals surface area contributed by atoms with Gasteiger partial charge in [0.1, 0.15) is 0 Å². The topological polar surface area (TPSA) is 107 Å². The van der Waals surface area contributed by atoms with Gasteiger partial charge in [0.15, 0.2) is 5.41 Å². The lowest BCUT2D eigenvalue weighted by Crippen LogP contribution is -2.39. The van der Waals surface area contributed by atoms with Crippen LogP contribution in [0.1, 0.15) is 12.5 Å². The predicted molar refractivity (Wildman–Crippen MR) is 64.6 cm³/mol. The Morgan fingerprint density at radius 1 is 1.47 bits per heavy atom. The molecule has 1 aromatic rings. The predicted octanol–water partition coefficient (Wildman–Crippen LogP) is 1.40. The Morgan fingerprint density at radius 2 is 2.11 bits per heavy atom. The van der Waals surface area contributed by atoms with Gasteiger partial charge in [0.05, 0.1) is 12.0 Å². The molecule has 0 saturated carbocycles. The SMILES string of the molecule is COC(=O)C(C)(Cc1cccc([N+](=O)[O-])c1)C(=O)O. The highest BCUT2D eigenvalue weighted by molar-refractivity contribution is 5.98. The van der Waals surface area contributed by atoms with Crippen LogP contribution >= 0.6 is 0 Å². The molecule has 1 atom stereocenters. The quantitative estimate of drug-likeness (QED) is 0.374. The number of nitro benzene ring substituents is 1. The molecule has 0 aromatic heterocycles. The minimum atomic E-state index is -1.77. The van der Waals surface area contributed by atoms with E-state index in [0.717, 1.165) is 7.11 Å². The molecule has 102 valence electrons. The van der Waals surface area contributed by atoms with Gasteiger partial charge in [0.2, 0.25) is 0 Å². The van der Waals surface area contributed by atoms with E-state index in [1.807, 2.05) is 0 Å². The maximum absolute atomic E-state index is 11.6. The second-order valence-electron chi connectivity index (χ2n) is 4.23. The number of hydrogen-bond donors (Lipinski definition) is 1. The van der Waals surface area contributed by atoms with Gasteiger partial charge < -0.3 is 9.84 Å². The monoisotopic (exact) mass is 267 g/mol. The first kappa shape index (κ1) is 14.6. The minimum absolute atomic E-state index is 0.157. The molecule has 0 heterocycles. The first-order valence-corrected chi connectivity index (χ1v) is 5.36. The third kappa shape index (κ3) is 3.06. The number of nitro groups is 1. The third-order valence-corrected chi connectivity index (χ3v) is 2.79. The van der Waals surface area contributed by atoms with Crippen molar-refractivity contribution >= 4 is 17.6 Å². The first-order chi connectivity index (χ1) is 8.81. The fourth-order valence-electron chi connectivity index (χ4n) is 1.65. The third-order valence-electron chi connectivity index (χ3n) is 2.79. The zero-order chi connectivity index (χ0) is 14.6. The van der Waals surface area contributed by atoms with Crippen molar-refractivity contribution in [2.24, 2.45) is 5.41 Å². The number of carboxylic acids is 1. The van der Waals surface area contributed by atoms with E-state index in [0.29, 0.717) is 5.56 Å². The van der Waals surface area contributed by atoms with Crippen LogP contribution in [-0.4, -0.2) is 29.1 Å². The summed E-state index contributed by atoms with van der Waals surface area (Å²) >= 11 is 0. The summed E-state index contributed by atoms with van der Waals surface area (Å²) in [5, 5.41) is 19.8. The van der Waals surface area contributed by atoms with Crippen molar-refractivity contribution in [3.8, 4) is 0 Å². The number of rotatable bonds is 5. The molecule has 0 radical (unpaired) electrons. The van der Waals surface area contributed by atoms with Crippen LogP contribution in [0, 0.1) is 15.5 Å². The molecule has 0 saturated heterocycles. The molecular weight excluding hydrogens is 254 g/mol. The lowest BCUT2D eigenvalue weighted by atomic mass is 9.83. The van der Waals surface area contributed by atoms with Crippen LogP contribution in [0.5, 0.6) is 0 Å². The number of non-ortho nitro benzene ring substituents is 1. The highest BCUT2D eigenvalue weighted by Crippen LogP contribution is 2.26. The standard InChI is InChI=1S/C12H13NO6/c1-12(10(14)15,11(16)19-2)7-8-4-3-5-9(6-8)13(17)18/h3-6H,7H2,1-2H3,(H,14,15). The molecule has 1 unspecified atom stereocenters. The number of benzene rings is 1. The van der Waals surface area contributed by atoms with Gasteiger partial charge >= 0.3 is 11.9 Å². The van der Waals surface area contributed by atoms with Gasteiger partial charge in [-0.15, -0.1) is 0 Å². The summed E-state index contributed by atoms with van der Waals surface area (Å²) in [6.45, 7) is 1.22. The van der Waals surface area contributed by atoms with E-state index in [1.54, 1.807) is 0 Å². The Morgan fingerprint density at radius 3 is 2.58 bits per heavy atom. The second-order valence-corrected chi connectivity index (χ2v) is 4.23. The molecule has 0 spiro atoms. The highest BCUT2D eigenvalue weighted by atomic mass is 16.6. The lowest BCUT2D eigenvalue weighted by molar-refractivity contribution is -0.384. The zero-order valence-corrected chi connectivity index (χ0v) is 10.5. The lowest BCUT2D eigenvalue weighted by Gasteiger charge is -2.21. The normalized spacial score (nSPS) is 13.4. The van der Waals surface area contributed by atoms with E-state index in [4.69, 9.17) is 5.11 Å². The summed E-state index contributed by atoms with van der Waals surface area (Å²) in [6.07, 6.45) is -0.184. The maximum Gasteiger partial charge on any atom is 0.323 e. The van der Waals surface area contributed by atoms with Crippen molar-refractivity contribution in [2.45, 2.75) is 13.3 Å². The molecule has 19 heavy (non-hydrogen) atoms. The van der Waals surface area contributed by atoms with Gasteiger partial charge in [-0.25, -0.2) is 0 Å². The largest absolute Gasteiger partial charge is 0.480 e. The molecule has 0 amide bonds. The van der Waals surface area contributed by atoms with Crippen LogP contribution in [0.3, 0.4) is 0 Å². The van der Waals surface area contributed by atoms with Crippen molar-refractivity contribution in [1.82, 2.24) is 0 Å². The van der Waals surface area contributed by atoms with Crippen LogP contribution in [0.15, 0.2) is 24.3 Å². The second kappa shape index (κ2) is 5.47. The van der Waals surface area contributed by atoms with Crippen molar-refractivity contribution in [2.75, 3.05) is 7.11 Å². The summed E-state index contributed by atoms with van der Waals surface area (Å²) in [6, 6.07) is 5.49. The molecular formula is C12H13NO6. The van der Waals surface area contributed by atoms with E-state index in [2.05, 4.69) is 4.74 Å². The fraction of sp³-hybridized carbons (Fsp3) is 0.333. The van der Waals surface area contributed by atoms with Gasteiger partial charge in [-0.2, -0.15) is 0 Å². The van der Waals surface area contributed by atoms with Gasteiger partial charge in [0, 0.05) is 12.1 Å². The molecule has 0 aliphatic heterocycles. The number of methoxy groups -OCH3 is 1.